The van der Waals surface area contributed by atoms with E-state index in [-0.39, 0.29) is 0 Å². The van der Waals surface area contributed by atoms with E-state index in [2.05, 4.69) is 20.2 Å². The number of aromatic amines is 1. The number of hydrogen-bond donors (Lipinski definition) is 2. The molecule has 1 fully saturated rings. The van der Waals surface area contributed by atoms with Crippen LogP contribution in [-0.4, -0.2) is 36.1 Å². The summed E-state index contributed by atoms with van der Waals surface area (Å²) in [4.78, 5) is 9.62. The van der Waals surface area contributed by atoms with Gasteiger partial charge in [-0.15, -0.1) is 0 Å². The average molecular weight is 166 g/mol. The molecule has 0 bridgehead atoms. The van der Waals surface area contributed by atoms with E-state index in [4.69, 9.17) is 0 Å². The van der Waals surface area contributed by atoms with Crippen LogP contribution in [0.3, 0.4) is 0 Å². The summed E-state index contributed by atoms with van der Waals surface area (Å²) in [5.74, 6) is 0.999. The van der Waals surface area contributed by atoms with Crippen molar-refractivity contribution in [3.63, 3.8) is 0 Å². The molecule has 0 amide bonds. The van der Waals surface area contributed by atoms with Crippen molar-refractivity contribution in [3.8, 4) is 0 Å². The Kier molecular flexibility index (Phi) is 2.27. The SMILES string of the molecule is c1c[nH]c(N2CCCNCC2)n1. The molecule has 0 aromatic carbocycles. The Hall–Kier alpha value is -1.03. The molecule has 1 saturated heterocycles. The number of rotatable bonds is 1. The minimum absolute atomic E-state index is 0.999. The predicted octanol–water partition coefficient (Wildman–Crippen LogP) is 0.209. The van der Waals surface area contributed by atoms with Crippen LogP contribution in [-0.2, 0) is 0 Å². The topological polar surface area (TPSA) is 44.0 Å². The molecule has 1 aliphatic heterocycles. The van der Waals surface area contributed by atoms with E-state index in [1.807, 2.05) is 6.20 Å². The minimum Gasteiger partial charge on any atom is -0.341 e. The van der Waals surface area contributed by atoms with Gasteiger partial charge in [-0.05, 0) is 13.0 Å². The summed E-state index contributed by atoms with van der Waals surface area (Å²) in [6.07, 6.45) is 4.86. The van der Waals surface area contributed by atoms with Gasteiger partial charge in [0.15, 0.2) is 0 Å². The van der Waals surface area contributed by atoms with Gasteiger partial charge < -0.3 is 15.2 Å². The Morgan fingerprint density at radius 1 is 1.33 bits per heavy atom. The molecule has 4 nitrogen and oxygen atoms in total. The highest BCUT2D eigenvalue weighted by atomic mass is 15.3. The molecular formula is C8H14N4. The van der Waals surface area contributed by atoms with Crippen LogP contribution < -0.4 is 10.2 Å². The largest absolute Gasteiger partial charge is 0.341 e. The van der Waals surface area contributed by atoms with Crippen molar-refractivity contribution in [1.82, 2.24) is 15.3 Å². The van der Waals surface area contributed by atoms with Crippen molar-refractivity contribution in [1.29, 1.82) is 0 Å². The zero-order valence-electron chi connectivity index (χ0n) is 7.08. The zero-order valence-corrected chi connectivity index (χ0v) is 7.08. The molecule has 1 aromatic rings. The number of nitrogens with one attached hydrogen (secondary N) is 2. The van der Waals surface area contributed by atoms with Gasteiger partial charge >= 0.3 is 0 Å². The molecule has 0 saturated carbocycles. The first kappa shape index (κ1) is 7.61. The van der Waals surface area contributed by atoms with Gasteiger partial charge in [-0.25, -0.2) is 4.98 Å². The molecule has 0 aliphatic carbocycles. The summed E-state index contributed by atoms with van der Waals surface area (Å²) in [7, 11) is 0. The van der Waals surface area contributed by atoms with Crippen molar-refractivity contribution < 1.29 is 0 Å². The summed E-state index contributed by atoms with van der Waals surface area (Å²) in [5.41, 5.74) is 0. The number of nitrogens with zero attached hydrogens (tertiary/aromatic N) is 2. The lowest BCUT2D eigenvalue weighted by Gasteiger charge is -2.18. The average Bonchev–Trinajstić information content (AvgIpc) is 2.48. The molecule has 0 radical (unpaired) electrons. The Balaban J connectivity index is 2.02. The molecule has 12 heavy (non-hydrogen) atoms. The van der Waals surface area contributed by atoms with Crippen LogP contribution in [0.4, 0.5) is 5.95 Å². The van der Waals surface area contributed by atoms with Crippen molar-refractivity contribution in [3.05, 3.63) is 12.4 Å². The van der Waals surface area contributed by atoms with E-state index >= 15 is 0 Å². The van der Waals surface area contributed by atoms with Gasteiger partial charge in [0.1, 0.15) is 0 Å². The Morgan fingerprint density at radius 3 is 3.17 bits per heavy atom. The third kappa shape index (κ3) is 1.58. The minimum atomic E-state index is 0.999. The number of aromatic nitrogens is 2. The second-order valence-electron chi connectivity index (χ2n) is 3.00. The lowest BCUT2D eigenvalue weighted by molar-refractivity contribution is 0.724. The van der Waals surface area contributed by atoms with E-state index in [0.717, 1.165) is 32.1 Å². The van der Waals surface area contributed by atoms with Crippen LogP contribution in [0.25, 0.3) is 0 Å². The van der Waals surface area contributed by atoms with E-state index in [1.54, 1.807) is 6.20 Å². The molecular weight excluding hydrogens is 152 g/mol. The van der Waals surface area contributed by atoms with Gasteiger partial charge in [-0.1, -0.05) is 0 Å². The Labute approximate surface area is 72.0 Å². The second-order valence-corrected chi connectivity index (χ2v) is 3.00. The molecule has 0 spiro atoms. The van der Waals surface area contributed by atoms with Gasteiger partial charge in [-0.2, -0.15) is 0 Å². The zero-order chi connectivity index (χ0) is 8.23. The fourth-order valence-corrected chi connectivity index (χ4v) is 1.49. The van der Waals surface area contributed by atoms with Crippen LogP contribution in [0.5, 0.6) is 0 Å². The molecule has 1 aliphatic rings. The maximum absolute atomic E-state index is 4.22. The lowest BCUT2D eigenvalue weighted by Crippen LogP contribution is -2.28. The van der Waals surface area contributed by atoms with Crippen LogP contribution in [0.2, 0.25) is 0 Å². The van der Waals surface area contributed by atoms with Gasteiger partial charge in [0.05, 0.1) is 0 Å². The van der Waals surface area contributed by atoms with Crippen molar-refractivity contribution in [2.45, 2.75) is 6.42 Å². The quantitative estimate of drug-likeness (QED) is 0.627. The highest BCUT2D eigenvalue weighted by molar-refractivity contribution is 5.28. The molecule has 4 heteroatoms. The normalized spacial score (nSPS) is 19.2. The van der Waals surface area contributed by atoms with Crippen LogP contribution in [0, 0.1) is 0 Å². The summed E-state index contributed by atoms with van der Waals surface area (Å²) in [6, 6.07) is 0. The third-order valence-corrected chi connectivity index (χ3v) is 2.12. The smallest absolute Gasteiger partial charge is 0.202 e. The van der Waals surface area contributed by atoms with Gasteiger partial charge in [0.2, 0.25) is 5.95 Å². The monoisotopic (exact) mass is 166 g/mol. The fourth-order valence-electron chi connectivity index (χ4n) is 1.49. The standard InChI is InChI=1S/C8H14N4/c1-2-9-5-7-12(6-1)8-10-3-4-11-8/h3-4,9H,1-2,5-7H2,(H,10,11). The highest BCUT2D eigenvalue weighted by Crippen LogP contribution is 2.06. The number of H-pyrrole nitrogens is 1. The summed E-state index contributed by atoms with van der Waals surface area (Å²) in [6.45, 7) is 4.33. The first-order valence-corrected chi connectivity index (χ1v) is 4.42. The first-order valence-electron chi connectivity index (χ1n) is 4.42. The van der Waals surface area contributed by atoms with Gasteiger partial charge in [0, 0.05) is 32.0 Å². The van der Waals surface area contributed by atoms with E-state index in [9.17, 15) is 0 Å². The molecule has 0 atom stereocenters. The van der Waals surface area contributed by atoms with Crippen LogP contribution >= 0.6 is 0 Å². The second kappa shape index (κ2) is 3.58. The highest BCUT2D eigenvalue weighted by Gasteiger charge is 2.09. The third-order valence-electron chi connectivity index (χ3n) is 2.12. The lowest BCUT2D eigenvalue weighted by atomic mass is 10.4. The predicted molar refractivity (Wildman–Crippen MR) is 48.3 cm³/mol. The summed E-state index contributed by atoms with van der Waals surface area (Å²) < 4.78 is 0. The van der Waals surface area contributed by atoms with Crippen molar-refractivity contribution >= 4 is 5.95 Å². The number of hydrogen-bond acceptors (Lipinski definition) is 3. The van der Waals surface area contributed by atoms with E-state index < -0.39 is 0 Å². The van der Waals surface area contributed by atoms with Crippen molar-refractivity contribution in [2.24, 2.45) is 0 Å². The number of imidazole rings is 1. The molecule has 2 rings (SSSR count). The maximum Gasteiger partial charge on any atom is 0.202 e. The van der Waals surface area contributed by atoms with Gasteiger partial charge in [0.25, 0.3) is 0 Å². The molecule has 66 valence electrons. The maximum atomic E-state index is 4.22. The first-order chi connectivity index (χ1) is 5.97. The number of anilines is 1. The van der Waals surface area contributed by atoms with Crippen molar-refractivity contribution in [2.75, 3.05) is 31.1 Å². The fraction of sp³-hybridized carbons (Fsp3) is 0.625. The molecule has 1 aromatic heterocycles. The Morgan fingerprint density at radius 2 is 2.33 bits per heavy atom. The molecule has 2 N–H and O–H groups in total. The summed E-state index contributed by atoms with van der Waals surface area (Å²) in [5, 5.41) is 3.36. The molecule has 2 heterocycles. The van der Waals surface area contributed by atoms with Crippen LogP contribution in [0.15, 0.2) is 12.4 Å². The summed E-state index contributed by atoms with van der Waals surface area (Å²) >= 11 is 0. The Bertz CT molecular complexity index is 211. The van der Waals surface area contributed by atoms with Gasteiger partial charge in [-0.3, -0.25) is 0 Å². The van der Waals surface area contributed by atoms with Crippen LogP contribution in [0.1, 0.15) is 6.42 Å². The van der Waals surface area contributed by atoms with E-state index in [1.165, 1.54) is 6.42 Å². The van der Waals surface area contributed by atoms with E-state index in [0.29, 0.717) is 0 Å². The molecule has 0 unspecified atom stereocenters.